The number of rotatable bonds is 3. The van der Waals surface area contributed by atoms with Crippen molar-refractivity contribution in [2.75, 3.05) is 0 Å². The van der Waals surface area contributed by atoms with Gasteiger partial charge in [-0.05, 0) is 41.4 Å². The maximum Gasteiger partial charge on any atom is -0.0213 e. The lowest BCUT2D eigenvalue weighted by Crippen LogP contribution is -2.00. The van der Waals surface area contributed by atoms with Gasteiger partial charge in [0.25, 0.3) is 0 Å². The van der Waals surface area contributed by atoms with Crippen LogP contribution in [0, 0.1) is 5.92 Å². The highest BCUT2D eigenvalue weighted by molar-refractivity contribution is 5.37. The summed E-state index contributed by atoms with van der Waals surface area (Å²) >= 11 is 0. The van der Waals surface area contributed by atoms with Crippen molar-refractivity contribution < 1.29 is 0 Å². The van der Waals surface area contributed by atoms with Crippen molar-refractivity contribution >= 4 is 0 Å². The molecule has 20 heavy (non-hydrogen) atoms. The smallest absolute Gasteiger partial charge is 0.0213 e. The third-order valence-corrected chi connectivity index (χ3v) is 2.63. The molecule has 0 nitrogen and oxygen atoms in total. The second-order valence-electron chi connectivity index (χ2n) is 5.58. The van der Waals surface area contributed by atoms with Gasteiger partial charge in [0, 0.05) is 0 Å². The van der Waals surface area contributed by atoms with E-state index in [-0.39, 0.29) is 22.3 Å². The van der Waals surface area contributed by atoms with Gasteiger partial charge >= 0.3 is 0 Å². The minimum Gasteiger partial charge on any atom is -0.0776 e. The molecule has 0 spiro atoms. The van der Waals surface area contributed by atoms with Gasteiger partial charge in [-0.2, -0.15) is 0 Å². The van der Waals surface area contributed by atoms with Crippen molar-refractivity contribution in [3.63, 3.8) is 0 Å². The van der Waals surface area contributed by atoms with Crippen molar-refractivity contribution in [2.45, 2.75) is 89.5 Å². The van der Waals surface area contributed by atoms with E-state index in [1.54, 1.807) is 5.56 Å². The normalized spacial score (nSPS) is 8.85. The monoisotopic (exact) mass is 282 g/mol. The molecule has 1 aromatic carbocycles. The molecule has 0 aliphatic carbocycles. The Morgan fingerprint density at radius 3 is 1.25 bits per heavy atom. The van der Waals surface area contributed by atoms with E-state index in [1.807, 2.05) is 0 Å². The SMILES string of the molecule is C.C.C.CC(C)C.CCc1cccc(CC)c1C(C)C. The van der Waals surface area contributed by atoms with Gasteiger partial charge in [-0.25, -0.2) is 0 Å². The highest BCUT2D eigenvalue weighted by Crippen LogP contribution is 2.24. The molecule has 122 valence electrons. The van der Waals surface area contributed by atoms with Gasteiger partial charge in [0.15, 0.2) is 0 Å². The van der Waals surface area contributed by atoms with Crippen molar-refractivity contribution in [1.29, 1.82) is 0 Å². The van der Waals surface area contributed by atoms with Gasteiger partial charge in [-0.1, -0.05) is 88.9 Å². The van der Waals surface area contributed by atoms with Gasteiger partial charge in [0.2, 0.25) is 0 Å². The Balaban J connectivity index is -0.000000164. The summed E-state index contributed by atoms with van der Waals surface area (Å²) in [6.07, 6.45) is 2.31. The van der Waals surface area contributed by atoms with E-state index in [0.29, 0.717) is 5.92 Å². The predicted octanol–water partition coefficient (Wildman–Crippen LogP) is 7.51. The average Bonchev–Trinajstić information content (AvgIpc) is 2.26. The fourth-order valence-corrected chi connectivity index (χ4v) is 2.02. The summed E-state index contributed by atoms with van der Waals surface area (Å²) < 4.78 is 0. The Bertz CT molecular complexity index is 283. The van der Waals surface area contributed by atoms with Crippen molar-refractivity contribution in [3.8, 4) is 0 Å². The van der Waals surface area contributed by atoms with Crippen molar-refractivity contribution in [2.24, 2.45) is 5.92 Å². The van der Waals surface area contributed by atoms with Crippen LogP contribution in [0.2, 0.25) is 0 Å². The van der Waals surface area contributed by atoms with Crippen LogP contribution >= 0.6 is 0 Å². The zero-order chi connectivity index (χ0) is 13.4. The van der Waals surface area contributed by atoms with E-state index in [1.165, 1.54) is 11.1 Å². The van der Waals surface area contributed by atoms with E-state index in [0.717, 1.165) is 18.8 Å². The second kappa shape index (κ2) is 14.6. The number of aryl methyl sites for hydroxylation is 2. The summed E-state index contributed by atoms with van der Waals surface area (Å²) in [4.78, 5) is 0. The summed E-state index contributed by atoms with van der Waals surface area (Å²) in [5, 5.41) is 0. The lowest BCUT2D eigenvalue weighted by molar-refractivity contribution is 0.737. The maximum atomic E-state index is 2.29. The van der Waals surface area contributed by atoms with Gasteiger partial charge in [-0.3, -0.25) is 0 Å². The molecule has 0 heterocycles. The Labute approximate surface area is 131 Å². The van der Waals surface area contributed by atoms with Crippen molar-refractivity contribution in [3.05, 3.63) is 34.9 Å². The molecular formula is C20H42. The van der Waals surface area contributed by atoms with Gasteiger partial charge in [0.1, 0.15) is 0 Å². The molecule has 0 aromatic heterocycles. The number of benzene rings is 1. The van der Waals surface area contributed by atoms with E-state index < -0.39 is 0 Å². The Hall–Kier alpha value is -0.780. The van der Waals surface area contributed by atoms with Gasteiger partial charge < -0.3 is 0 Å². The molecule has 0 aliphatic heterocycles. The molecule has 0 N–H and O–H groups in total. The molecule has 0 unspecified atom stereocenters. The molecule has 0 bridgehead atoms. The summed E-state index contributed by atoms with van der Waals surface area (Å²) in [5.74, 6) is 1.49. The lowest BCUT2D eigenvalue weighted by Gasteiger charge is -2.16. The fraction of sp³-hybridized carbons (Fsp3) is 0.700. The van der Waals surface area contributed by atoms with Crippen LogP contribution in [-0.4, -0.2) is 0 Å². The van der Waals surface area contributed by atoms with Crippen LogP contribution in [-0.2, 0) is 12.8 Å². The standard InChI is InChI=1S/C13H20.C4H10.3CH4/c1-5-11-8-7-9-12(6-2)13(11)10(3)4;1-4(2)3;;;/h7-10H,5-6H2,1-4H3;4H,1-3H3;3*1H4. The zero-order valence-corrected chi connectivity index (χ0v) is 12.8. The first-order chi connectivity index (χ1) is 7.93. The first-order valence-corrected chi connectivity index (χ1v) is 7.04. The largest absolute Gasteiger partial charge is 0.0776 e. The van der Waals surface area contributed by atoms with Crippen LogP contribution in [0.4, 0.5) is 0 Å². The molecular weight excluding hydrogens is 240 g/mol. The van der Waals surface area contributed by atoms with Crippen LogP contribution in [0.25, 0.3) is 0 Å². The molecule has 0 aliphatic rings. The van der Waals surface area contributed by atoms with Gasteiger partial charge in [0.05, 0.1) is 0 Å². The molecule has 1 aromatic rings. The predicted molar refractivity (Wildman–Crippen MR) is 100.0 cm³/mol. The minimum absolute atomic E-state index is 0. The summed E-state index contributed by atoms with van der Waals surface area (Å²) in [7, 11) is 0. The number of hydrogen-bond donors (Lipinski definition) is 0. The molecule has 1 rings (SSSR count). The van der Waals surface area contributed by atoms with Crippen molar-refractivity contribution in [1.82, 2.24) is 0 Å². The van der Waals surface area contributed by atoms with Gasteiger partial charge in [-0.15, -0.1) is 0 Å². The molecule has 0 amide bonds. The third kappa shape index (κ3) is 10.1. The molecule has 0 saturated heterocycles. The van der Waals surface area contributed by atoms with E-state index in [4.69, 9.17) is 0 Å². The topological polar surface area (TPSA) is 0 Å². The molecule has 0 atom stereocenters. The second-order valence-corrected chi connectivity index (χ2v) is 5.58. The van der Waals surface area contributed by atoms with Crippen LogP contribution in [0.5, 0.6) is 0 Å². The van der Waals surface area contributed by atoms with E-state index in [9.17, 15) is 0 Å². The Morgan fingerprint density at radius 1 is 0.750 bits per heavy atom. The fourth-order valence-electron chi connectivity index (χ4n) is 2.02. The average molecular weight is 283 g/mol. The summed E-state index contributed by atoms with van der Waals surface area (Å²) in [6.45, 7) is 15.5. The molecule has 0 heteroatoms. The number of hydrogen-bond acceptors (Lipinski definition) is 0. The molecule has 0 radical (unpaired) electrons. The van der Waals surface area contributed by atoms with Crippen LogP contribution < -0.4 is 0 Å². The minimum atomic E-state index is 0. The highest BCUT2D eigenvalue weighted by Gasteiger charge is 2.08. The Morgan fingerprint density at radius 2 is 1.05 bits per heavy atom. The molecule has 0 saturated carbocycles. The Kier molecular flexibility index (Phi) is 20.1. The van der Waals surface area contributed by atoms with Crippen LogP contribution in [0.3, 0.4) is 0 Å². The van der Waals surface area contributed by atoms with Crippen LogP contribution in [0.1, 0.15) is 93.4 Å². The zero-order valence-electron chi connectivity index (χ0n) is 12.8. The van der Waals surface area contributed by atoms with E-state index in [2.05, 4.69) is 66.7 Å². The lowest BCUT2D eigenvalue weighted by atomic mass is 9.90. The quantitative estimate of drug-likeness (QED) is 0.538. The third-order valence-electron chi connectivity index (χ3n) is 2.63. The summed E-state index contributed by atoms with van der Waals surface area (Å²) in [5.41, 5.74) is 4.62. The first-order valence-electron chi connectivity index (χ1n) is 7.04. The molecule has 0 fully saturated rings. The van der Waals surface area contributed by atoms with E-state index >= 15 is 0 Å². The van der Waals surface area contributed by atoms with Crippen LogP contribution in [0.15, 0.2) is 18.2 Å². The maximum absolute atomic E-state index is 2.29. The first kappa shape index (κ1) is 27.5. The summed E-state index contributed by atoms with van der Waals surface area (Å²) in [6, 6.07) is 6.70. The highest BCUT2D eigenvalue weighted by atomic mass is 14.1.